The minimum Gasteiger partial charge on any atom is -0.314 e. The summed E-state index contributed by atoms with van der Waals surface area (Å²) in [7, 11) is 1.72. The first-order chi connectivity index (χ1) is 7.52. The number of para-hydroxylation sites is 1. The van der Waals surface area contributed by atoms with Gasteiger partial charge in [0.2, 0.25) is 5.91 Å². The predicted octanol–water partition coefficient (Wildman–Crippen LogP) is 2.26. The van der Waals surface area contributed by atoms with Crippen LogP contribution in [0.5, 0.6) is 0 Å². The second kappa shape index (κ2) is 3.44. The molecule has 0 aliphatic carbocycles. The summed E-state index contributed by atoms with van der Waals surface area (Å²) in [6, 6.07) is 7.26. The van der Waals surface area contributed by atoms with Crippen LogP contribution in [0.2, 0.25) is 0 Å². The lowest BCUT2D eigenvalue weighted by atomic mass is 9.75. The monoisotopic (exact) mass is 217 g/mol. The van der Waals surface area contributed by atoms with E-state index in [1.165, 1.54) is 0 Å². The Morgan fingerprint density at radius 3 is 2.50 bits per heavy atom. The van der Waals surface area contributed by atoms with Crippen molar-refractivity contribution in [1.82, 2.24) is 0 Å². The SMILES string of the molecule is CC[C@]1(C)C(=O)c2ccccc2N(C)C1=O. The Morgan fingerprint density at radius 1 is 1.25 bits per heavy atom. The van der Waals surface area contributed by atoms with Crippen LogP contribution in [-0.2, 0) is 4.79 Å². The number of hydrogen-bond donors (Lipinski definition) is 0. The lowest BCUT2D eigenvalue weighted by Crippen LogP contribution is -2.49. The molecule has 1 aromatic carbocycles. The minimum absolute atomic E-state index is 0.0614. The van der Waals surface area contributed by atoms with E-state index < -0.39 is 5.41 Å². The summed E-state index contributed by atoms with van der Waals surface area (Å²) in [5.41, 5.74) is 0.459. The van der Waals surface area contributed by atoms with Gasteiger partial charge < -0.3 is 4.90 Å². The average molecular weight is 217 g/mol. The number of nitrogens with zero attached hydrogens (tertiary/aromatic N) is 1. The first kappa shape index (κ1) is 10.9. The van der Waals surface area contributed by atoms with E-state index in [1.807, 2.05) is 19.1 Å². The van der Waals surface area contributed by atoms with Gasteiger partial charge in [0, 0.05) is 12.6 Å². The Labute approximate surface area is 95.1 Å². The fourth-order valence-corrected chi connectivity index (χ4v) is 2.14. The fourth-order valence-electron chi connectivity index (χ4n) is 2.14. The molecule has 0 saturated heterocycles. The normalized spacial score (nSPS) is 24.6. The van der Waals surface area contributed by atoms with Crippen molar-refractivity contribution in [2.24, 2.45) is 5.41 Å². The van der Waals surface area contributed by atoms with Gasteiger partial charge in [0.05, 0.1) is 5.69 Å². The Balaban J connectivity index is 2.66. The molecule has 2 rings (SSSR count). The number of hydrogen-bond acceptors (Lipinski definition) is 2. The van der Waals surface area contributed by atoms with Crippen LogP contribution in [0.15, 0.2) is 24.3 Å². The van der Waals surface area contributed by atoms with E-state index >= 15 is 0 Å². The number of fused-ring (bicyclic) bond motifs is 1. The highest BCUT2D eigenvalue weighted by Gasteiger charge is 2.46. The summed E-state index contributed by atoms with van der Waals surface area (Å²) in [5, 5.41) is 0. The van der Waals surface area contributed by atoms with Crippen LogP contribution in [0.4, 0.5) is 5.69 Å². The number of carbonyl (C=O) groups excluding carboxylic acids is 2. The molecule has 0 radical (unpaired) electrons. The van der Waals surface area contributed by atoms with Crippen LogP contribution in [0.25, 0.3) is 0 Å². The summed E-state index contributed by atoms with van der Waals surface area (Å²) in [6.07, 6.45) is 0.531. The van der Waals surface area contributed by atoms with E-state index in [2.05, 4.69) is 0 Å². The average Bonchev–Trinajstić information content (AvgIpc) is 2.33. The molecule has 1 aliphatic rings. The number of Topliss-reactive ketones (excluding diaryl/α,β-unsaturated/α-hetero) is 1. The summed E-state index contributed by atoms with van der Waals surface area (Å²) >= 11 is 0. The fraction of sp³-hybridized carbons (Fsp3) is 0.385. The summed E-state index contributed by atoms with van der Waals surface area (Å²) in [6.45, 7) is 3.60. The second-order valence-electron chi connectivity index (χ2n) is 4.40. The van der Waals surface area contributed by atoms with Gasteiger partial charge in [-0.2, -0.15) is 0 Å². The molecule has 0 fully saturated rings. The third-order valence-electron chi connectivity index (χ3n) is 3.49. The number of rotatable bonds is 1. The highest BCUT2D eigenvalue weighted by Crippen LogP contribution is 2.38. The third kappa shape index (κ3) is 1.21. The maximum absolute atomic E-state index is 12.3. The number of ketones is 1. The molecule has 1 aromatic rings. The quantitative estimate of drug-likeness (QED) is 0.677. The first-order valence-electron chi connectivity index (χ1n) is 5.44. The molecule has 0 spiro atoms. The number of carbonyl (C=O) groups is 2. The van der Waals surface area contributed by atoms with Gasteiger partial charge in [-0.3, -0.25) is 9.59 Å². The zero-order valence-electron chi connectivity index (χ0n) is 9.78. The zero-order valence-corrected chi connectivity index (χ0v) is 9.78. The van der Waals surface area contributed by atoms with Crippen molar-refractivity contribution in [2.45, 2.75) is 20.3 Å². The van der Waals surface area contributed by atoms with Gasteiger partial charge in [0.25, 0.3) is 0 Å². The van der Waals surface area contributed by atoms with Crippen molar-refractivity contribution in [3.63, 3.8) is 0 Å². The standard InChI is InChI=1S/C13H15NO2/c1-4-13(2)11(15)9-7-5-6-8-10(9)14(3)12(13)16/h5-8H,4H2,1-3H3/t13-/m1/s1. The van der Waals surface area contributed by atoms with Gasteiger partial charge in [-0.1, -0.05) is 19.1 Å². The first-order valence-corrected chi connectivity index (χ1v) is 5.44. The van der Waals surface area contributed by atoms with Crippen LogP contribution >= 0.6 is 0 Å². The van der Waals surface area contributed by atoms with Gasteiger partial charge in [-0.15, -0.1) is 0 Å². The van der Waals surface area contributed by atoms with Crippen molar-refractivity contribution in [1.29, 1.82) is 0 Å². The molecule has 0 unspecified atom stereocenters. The molecule has 1 aliphatic heterocycles. The Kier molecular flexibility index (Phi) is 2.34. The van der Waals surface area contributed by atoms with Crippen LogP contribution in [0.3, 0.4) is 0 Å². The van der Waals surface area contributed by atoms with E-state index in [0.29, 0.717) is 17.7 Å². The van der Waals surface area contributed by atoms with Crippen LogP contribution in [-0.4, -0.2) is 18.7 Å². The summed E-state index contributed by atoms with van der Waals surface area (Å²) in [4.78, 5) is 26.0. The molecule has 0 bridgehead atoms. The minimum atomic E-state index is -0.900. The Morgan fingerprint density at radius 2 is 1.88 bits per heavy atom. The van der Waals surface area contributed by atoms with E-state index in [9.17, 15) is 9.59 Å². The van der Waals surface area contributed by atoms with E-state index in [-0.39, 0.29) is 11.7 Å². The van der Waals surface area contributed by atoms with Gasteiger partial charge in [0.1, 0.15) is 5.41 Å². The molecule has 3 heteroatoms. The third-order valence-corrected chi connectivity index (χ3v) is 3.49. The van der Waals surface area contributed by atoms with Crippen LogP contribution in [0.1, 0.15) is 30.6 Å². The Hall–Kier alpha value is -1.64. The highest BCUT2D eigenvalue weighted by molar-refractivity contribution is 6.24. The van der Waals surface area contributed by atoms with Crippen LogP contribution < -0.4 is 4.90 Å². The van der Waals surface area contributed by atoms with Gasteiger partial charge >= 0.3 is 0 Å². The molecule has 1 heterocycles. The molecule has 1 atom stereocenters. The molecule has 0 saturated carbocycles. The van der Waals surface area contributed by atoms with Crippen LogP contribution in [0, 0.1) is 5.41 Å². The van der Waals surface area contributed by atoms with E-state index in [0.717, 1.165) is 0 Å². The molecular formula is C13H15NO2. The lowest BCUT2D eigenvalue weighted by molar-refractivity contribution is -0.125. The highest BCUT2D eigenvalue weighted by atomic mass is 16.2. The molecule has 16 heavy (non-hydrogen) atoms. The lowest BCUT2D eigenvalue weighted by Gasteiger charge is -2.36. The van der Waals surface area contributed by atoms with Crippen molar-refractivity contribution < 1.29 is 9.59 Å². The molecule has 84 valence electrons. The molecule has 0 aromatic heterocycles. The van der Waals surface area contributed by atoms with Gasteiger partial charge in [-0.05, 0) is 25.5 Å². The summed E-state index contributed by atoms with van der Waals surface area (Å²) in [5.74, 6) is -0.174. The zero-order chi connectivity index (χ0) is 11.9. The van der Waals surface area contributed by atoms with E-state index in [4.69, 9.17) is 0 Å². The van der Waals surface area contributed by atoms with Crippen molar-refractivity contribution in [2.75, 3.05) is 11.9 Å². The number of amides is 1. The smallest absolute Gasteiger partial charge is 0.240 e. The molecular weight excluding hydrogens is 202 g/mol. The second-order valence-corrected chi connectivity index (χ2v) is 4.40. The van der Waals surface area contributed by atoms with Gasteiger partial charge in [-0.25, -0.2) is 0 Å². The number of benzene rings is 1. The maximum Gasteiger partial charge on any atom is 0.240 e. The van der Waals surface area contributed by atoms with Crippen molar-refractivity contribution in [3.05, 3.63) is 29.8 Å². The molecule has 1 amide bonds. The predicted molar refractivity (Wildman–Crippen MR) is 62.6 cm³/mol. The maximum atomic E-state index is 12.3. The summed E-state index contributed by atoms with van der Waals surface area (Å²) < 4.78 is 0. The molecule has 0 N–H and O–H groups in total. The topological polar surface area (TPSA) is 37.4 Å². The van der Waals surface area contributed by atoms with Crippen molar-refractivity contribution >= 4 is 17.4 Å². The van der Waals surface area contributed by atoms with Gasteiger partial charge in [0.15, 0.2) is 5.78 Å². The number of anilines is 1. The Bertz CT molecular complexity index is 467. The molecule has 3 nitrogen and oxygen atoms in total. The van der Waals surface area contributed by atoms with Crippen molar-refractivity contribution in [3.8, 4) is 0 Å². The largest absolute Gasteiger partial charge is 0.314 e. The van der Waals surface area contributed by atoms with E-state index in [1.54, 1.807) is 31.0 Å².